The van der Waals surface area contributed by atoms with Gasteiger partial charge in [0, 0.05) is 44.0 Å². The van der Waals surface area contributed by atoms with Crippen molar-refractivity contribution in [1.82, 2.24) is 10.2 Å². The van der Waals surface area contributed by atoms with Crippen molar-refractivity contribution >= 4 is 17.4 Å². The molecule has 1 fully saturated rings. The molecule has 0 bridgehead atoms. The summed E-state index contributed by atoms with van der Waals surface area (Å²) in [4.78, 5) is 27.2. The van der Waals surface area contributed by atoms with Crippen molar-refractivity contribution < 1.29 is 9.72 Å². The summed E-state index contributed by atoms with van der Waals surface area (Å²) in [6, 6.07) is 13.1. The summed E-state index contributed by atoms with van der Waals surface area (Å²) in [5.74, 6) is 0. The van der Waals surface area contributed by atoms with Crippen LogP contribution in [0.25, 0.3) is 0 Å². The minimum Gasteiger partial charge on any atom is -0.368 e. The zero-order valence-electron chi connectivity index (χ0n) is 17.3. The predicted molar refractivity (Wildman–Crippen MR) is 117 cm³/mol. The van der Waals surface area contributed by atoms with Crippen LogP contribution in [0.3, 0.4) is 0 Å². The monoisotopic (exact) mass is 408 g/mol. The number of anilines is 1. The lowest BCUT2D eigenvalue weighted by atomic mass is 9.89. The number of nitrogens with zero attached hydrogens (tertiary/aromatic N) is 3. The van der Waals surface area contributed by atoms with Crippen molar-refractivity contribution in [3.05, 3.63) is 69.3 Å². The summed E-state index contributed by atoms with van der Waals surface area (Å²) in [5.41, 5.74) is 5.08. The van der Waals surface area contributed by atoms with Crippen molar-refractivity contribution in [3.63, 3.8) is 0 Å². The molecule has 158 valence electrons. The highest BCUT2D eigenvalue weighted by molar-refractivity contribution is 5.75. The number of amides is 2. The molecule has 0 saturated carbocycles. The zero-order chi connectivity index (χ0) is 21.1. The SMILES string of the molecule is CC(NC(=O)N1CCN(c2ccc([N+](=O)[O-])cc2)CC1)c1ccc2c(c1)CCCC2. The minimum absolute atomic E-state index is 0.0302. The molecule has 7 heteroatoms. The van der Waals surface area contributed by atoms with Crippen molar-refractivity contribution in [1.29, 1.82) is 0 Å². The number of rotatable bonds is 4. The van der Waals surface area contributed by atoms with Gasteiger partial charge in [-0.3, -0.25) is 10.1 Å². The lowest BCUT2D eigenvalue weighted by Gasteiger charge is -2.36. The fourth-order valence-corrected chi connectivity index (χ4v) is 4.34. The minimum atomic E-state index is -0.393. The molecule has 0 aromatic heterocycles. The summed E-state index contributed by atoms with van der Waals surface area (Å²) < 4.78 is 0. The molecule has 2 aromatic rings. The van der Waals surface area contributed by atoms with Gasteiger partial charge >= 0.3 is 6.03 Å². The molecule has 1 atom stereocenters. The van der Waals surface area contributed by atoms with E-state index in [2.05, 4.69) is 28.4 Å². The molecule has 2 aromatic carbocycles. The molecule has 30 heavy (non-hydrogen) atoms. The molecule has 4 rings (SSSR count). The van der Waals surface area contributed by atoms with Gasteiger partial charge in [0.2, 0.25) is 0 Å². The summed E-state index contributed by atoms with van der Waals surface area (Å²) in [7, 11) is 0. The van der Waals surface area contributed by atoms with Crippen molar-refractivity contribution in [2.75, 3.05) is 31.1 Å². The number of non-ortho nitro benzene ring substituents is 1. The molecule has 0 spiro atoms. The Bertz CT molecular complexity index is 921. The van der Waals surface area contributed by atoms with Gasteiger partial charge in [0.1, 0.15) is 0 Å². The standard InChI is InChI=1S/C23H28N4O3/c1-17(19-7-6-18-4-2-3-5-20(18)16-19)24-23(28)26-14-12-25(13-15-26)21-8-10-22(11-9-21)27(29)30/h6-11,16-17H,2-5,12-15H2,1H3,(H,24,28). The molecule has 1 aliphatic heterocycles. The Labute approximate surface area is 176 Å². The molecular formula is C23H28N4O3. The highest BCUT2D eigenvalue weighted by atomic mass is 16.6. The van der Waals surface area contributed by atoms with Gasteiger partial charge in [-0.1, -0.05) is 18.2 Å². The third kappa shape index (κ3) is 4.40. The van der Waals surface area contributed by atoms with Gasteiger partial charge in [0.05, 0.1) is 11.0 Å². The lowest BCUT2D eigenvalue weighted by Crippen LogP contribution is -2.52. The Hall–Kier alpha value is -3.09. The third-order valence-corrected chi connectivity index (χ3v) is 6.21. The fourth-order valence-electron chi connectivity index (χ4n) is 4.34. The second-order valence-electron chi connectivity index (χ2n) is 8.15. The fraction of sp³-hybridized carbons (Fsp3) is 0.435. The number of urea groups is 1. The highest BCUT2D eigenvalue weighted by Gasteiger charge is 2.23. The molecule has 1 unspecified atom stereocenters. The van der Waals surface area contributed by atoms with Crippen LogP contribution in [0.15, 0.2) is 42.5 Å². The number of aryl methyl sites for hydroxylation is 2. The molecule has 1 heterocycles. The van der Waals surface area contributed by atoms with E-state index < -0.39 is 4.92 Å². The number of nitro groups is 1. The van der Waals surface area contributed by atoms with Gasteiger partial charge in [-0.2, -0.15) is 0 Å². The van der Waals surface area contributed by atoms with E-state index >= 15 is 0 Å². The molecule has 7 nitrogen and oxygen atoms in total. The number of piperazine rings is 1. The lowest BCUT2D eigenvalue weighted by molar-refractivity contribution is -0.384. The van der Waals surface area contributed by atoms with Gasteiger partial charge in [-0.05, 0) is 61.4 Å². The van der Waals surface area contributed by atoms with E-state index in [4.69, 9.17) is 0 Å². The van der Waals surface area contributed by atoms with Crippen molar-refractivity contribution in [2.24, 2.45) is 0 Å². The largest absolute Gasteiger partial charge is 0.368 e. The first-order chi connectivity index (χ1) is 14.5. The van der Waals surface area contributed by atoms with E-state index in [-0.39, 0.29) is 17.8 Å². The number of hydrogen-bond acceptors (Lipinski definition) is 4. The van der Waals surface area contributed by atoms with Crippen LogP contribution in [-0.4, -0.2) is 42.0 Å². The van der Waals surface area contributed by atoms with Crippen molar-refractivity contribution in [2.45, 2.75) is 38.6 Å². The van der Waals surface area contributed by atoms with E-state index in [0.29, 0.717) is 26.2 Å². The van der Waals surface area contributed by atoms with Crippen LogP contribution in [0.2, 0.25) is 0 Å². The van der Waals surface area contributed by atoms with E-state index in [1.165, 1.54) is 36.1 Å². The maximum atomic E-state index is 12.8. The molecule has 2 aliphatic rings. The van der Waals surface area contributed by atoms with Gasteiger partial charge in [0.25, 0.3) is 5.69 Å². The van der Waals surface area contributed by atoms with Gasteiger partial charge in [0.15, 0.2) is 0 Å². The first-order valence-electron chi connectivity index (χ1n) is 10.7. The average Bonchev–Trinajstić information content (AvgIpc) is 2.79. The van der Waals surface area contributed by atoms with E-state index in [1.54, 1.807) is 12.1 Å². The number of hydrogen-bond donors (Lipinski definition) is 1. The van der Waals surface area contributed by atoms with Crippen LogP contribution in [0, 0.1) is 10.1 Å². The van der Waals surface area contributed by atoms with Crippen LogP contribution in [0.4, 0.5) is 16.2 Å². The van der Waals surface area contributed by atoms with Crippen molar-refractivity contribution in [3.8, 4) is 0 Å². The number of carbonyl (C=O) groups excluding carboxylic acids is 1. The summed E-state index contributed by atoms with van der Waals surface area (Å²) in [6.07, 6.45) is 4.81. The van der Waals surface area contributed by atoms with Crippen LogP contribution >= 0.6 is 0 Å². The summed E-state index contributed by atoms with van der Waals surface area (Å²) >= 11 is 0. The van der Waals surface area contributed by atoms with E-state index in [9.17, 15) is 14.9 Å². The Balaban J connectivity index is 1.31. The highest BCUT2D eigenvalue weighted by Crippen LogP contribution is 2.25. The maximum absolute atomic E-state index is 12.8. The first-order valence-corrected chi connectivity index (χ1v) is 10.7. The predicted octanol–water partition coefficient (Wildman–Crippen LogP) is 4.07. The maximum Gasteiger partial charge on any atom is 0.317 e. The van der Waals surface area contributed by atoms with Gasteiger partial charge < -0.3 is 15.1 Å². The smallest absolute Gasteiger partial charge is 0.317 e. The Kier molecular flexibility index (Phi) is 5.88. The molecule has 1 N–H and O–H groups in total. The molecular weight excluding hydrogens is 380 g/mol. The Morgan fingerprint density at radius 2 is 1.67 bits per heavy atom. The Morgan fingerprint density at radius 3 is 2.33 bits per heavy atom. The number of benzene rings is 2. The topological polar surface area (TPSA) is 78.7 Å². The summed E-state index contributed by atoms with van der Waals surface area (Å²) in [6.45, 7) is 4.70. The van der Waals surface area contributed by atoms with Crippen LogP contribution in [0.5, 0.6) is 0 Å². The Morgan fingerprint density at radius 1 is 1.00 bits per heavy atom. The molecule has 2 amide bonds. The number of nitro benzene ring substituents is 1. The zero-order valence-corrected chi connectivity index (χ0v) is 17.3. The average molecular weight is 409 g/mol. The number of carbonyl (C=O) groups is 1. The second-order valence-corrected chi connectivity index (χ2v) is 8.15. The van der Waals surface area contributed by atoms with Crippen LogP contribution in [0.1, 0.15) is 42.5 Å². The molecule has 1 aliphatic carbocycles. The van der Waals surface area contributed by atoms with Gasteiger partial charge in [-0.15, -0.1) is 0 Å². The van der Waals surface area contributed by atoms with Crippen LogP contribution < -0.4 is 10.2 Å². The molecule has 0 radical (unpaired) electrons. The van der Waals surface area contributed by atoms with E-state index in [0.717, 1.165) is 24.1 Å². The number of nitrogens with one attached hydrogen (secondary N) is 1. The summed E-state index contributed by atoms with van der Waals surface area (Å²) in [5, 5.41) is 13.9. The number of fused-ring (bicyclic) bond motifs is 1. The van der Waals surface area contributed by atoms with Crippen LogP contribution in [-0.2, 0) is 12.8 Å². The second kappa shape index (κ2) is 8.73. The normalized spacial score (nSPS) is 17.2. The quantitative estimate of drug-likeness (QED) is 0.611. The third-order valence-electron chi connectivity index (χ3n) is 6.21. The van der Waals surface area contributed by atoms with E-state index in [1.807, 2.05) is 11.8 Å². The first kappa shape index (κ1) is 20.2. The molecule has 1 saturated heterocycles. The van der Waals surface area contributed by atoms with Gasteiger partial charge in [-0.25, -0.2) is 4.79 Å².